The maximum atomic E-state index is 13.2. The highest BCUT2D eigenvalue weighted by atomic mass is 35.5. The van der Waals surface area contributed by atoms with Gasteiger partial charge in [-0.05, 0) is 43.9 Å². The molecule has 1 aromatic heterocycles. The van der Waals surface area contributed by atoms with Gasteiger partial charge >= 0.3 is 0 Å². The number of nitrogens with one attached hydrogen (secondary N) is 4. The van der Waals surface area contributed by atoms with Crippen molar-refractivity contribution in [3.05, 3.63) is 46.8 Å². The maximum Gasteiger partial charge on any atom is 0.272 e. The second-order valence-electron chi connectivity index (χ2n) is 8.97. The van der Waals surface area contributed by atoms with E-state index in [4.69, 9.17) is 16.3 Å². The summed E-state index contributed by atoms with van der Waals surface area (Å²) >= 11 is 5.99. The number of hydrogen-bond acceptors (Lipinski definition) is 6. The Hall–Kier alpha value is -3.02. The summed E-state index contributed by atoms with van der Waals surface area (Å²) in [6.45, 7) is 4.19. The number of imidazole rings is 1. The van der Waals surface area contributed by atoms with Gasteiger partial charge < -0.3 is 25.7 Å². The number of aromatic amines is 1. The fourth-order valence-electron chi connectivity index (χ4n) is 4.46. The van der Waals surface area contributed by atoms with Crippen molar-refractivity contribution < 1.29 is 23.5 Å². The van der Waals surface area contributed by atoms with Gasteiger partial charge in [-0.3, -0.25) is 19.3 Å². The summed E-state index contributed by atoms with van der Waals surface area (Å²) in [6, 6.07) is 3.69. The molecule has 1 aliphatic carbocycles. The lowest BCUT2D eigenvalue weighted by atomic mass is 9.85. The molecule has 1 saturated heterocycles. The molecule has 2 fully saturated rings. The van der Waals surface area contributed by atoms with Crippen LogP contribution in [0.1, 0.15) is 46.7 Å². The Kier molecular flexibility index (Phi) is 8.89. The molecule has 4 rings (SSSR count). The van der Waals surface area contributed by atoms with Crippen molar-refractivity contribution in [3.8, 4) is 0 Å². The number of H-pyrrole nitrogens is 1. The van der Waals surface area contributed by atoms with E-state index >= 15 is 0 Å². The van der Waals surface area contributed by atoms with Crippen LogP contribution in [-0.4, -0.2) is 78.0 Å². The SMILES string of the molecule is O=C(NC1CCC(C(=O)Nc2ccc(F)cc2Cl)CC1)c1nc[nH]c1C(=O)NCCN1CCOCC1. The van der Waals surface area contributed by atoms with Crippen LogP contribution in [0.2, 0.25) is 5.02 Å². The Morgan fingerprint density at radius 3 is 2.61 bits per heavy atom. The van der Waals surface area contributed by atoms with Gasteiger partial charge in [-0.15, -0.1) is 0 Å². The summed E-state index contributed by atoms with van der Waals surface area (Å²) in [5.41, 5.74) is 0.538. The van der Waals surface area contributed by atoms with Crippen LogP contribution >= 0.6 is 11.6 Å². The van der Waals surface area contributed by atoms with E-state index in [-0.39, 0.29) is 40.2 Å². The number of aromatic nitrogens is 2. The van der Waals surface area contributed by atoms with E-state index in [1.807, 2.05) is 0 Å². The Labute approximate surface area is 213 Å². The van der Waals surface area contributed by atoms with Gasteiger partial charge in [0, 0.05) is 38.1 Å². The first-order valence-corrected chi connectivity index (χ1v) is 12.5. The first kappa shape index (κ1) is 26.1. The van der Waals surface area contributed by atoms with E-state index in [2.05, 4.69) is 30.8 Å². The summed E-state index contributed by atoms with van der Waals surface area (Å²) in [5.74, 6) is -1.71. The largest absolute Gasteiger partial charge is 0.379 e. The van der Waals surface area contributed by atoms with Crippen LogP contribution in [0.4, 0.5) is 10.1 Å². The van der Waals surface area contributed by atoms with Gasteiger partial charge in [-0.1, -0.05) is 11.6 Å². The number of carbonyl (C=O) groups is 3. The minimum atomic E-state index is -0.472. The number of anilines is 1. The lowest BCUT2D eigenvalue weighted by molar-refractivity contribution is -0.120. The van der Waals surface area contributed by atoms with Gasteiger partial charge in [0.2, 0.25) is 5.91 Å². The smallest absolute Gasteiger partial charge is 0.272 e. The van der Waals surface area contributed by atoms with E-state index in [0.717, 1.165) is 19.2 Å². The fourth-order valence-corrected chi connectivity index (χ4v) is 4.67. The summed E-state index contributed by atoms with van der Waals surface area (Å²) in [6.07, 6.45) is 3.68. The first-order valence-electron chi connectivity index (χ1n) is 12.1. The summed E-state index contributed by atoms with van der Waals surface area (Å²) in [7, 11) is 0. The average Bonchev–Trinajstić information content (AvgIpc) is 3.37. The fraction of sp³-hybridized carbons (Fsp3) is 0.500. The van der Waals surface area contributed by atoms with Crippen LogP contribution in [0.25, 0.3) is 0 Å². The second kappa shape index (κ2) is 12.3. The molecule has 0 unspecified atom stereocenters. The van der Waals surface area contributed by atoms with Crippen molar-refractivity contribution in [2.24, 2.45) is 5.92 Å². The Balaban J connectivity index is 1.23. The minimum Gasteiger partial charge on any atom is -0.379 e. The number of ether oxygens (including phenoxy) is 1. The number of carbonyl (C=O) groups excluding carboxylic acids is 3. The van der Waals surface area contributed by atoms with Crippen LogP contribution in [-0.2, 0) is 9.53 Å². The van der Waals surface area contributed by atoms with Crippen LogP contribution in [0, 0.1) is 11.7 Å². The topological polar surface area (TPSA) is 128 Å². The molecule has 0 spiro atoms. The van der Waals surface area contributed by atoms with Crippen molar-refractivity contribution in [1.29, 1.82) is 0 Å². The Bertz CT molecular complexity index is 1080. The number of halogens is 2. The van der Waals surface area contributed by atoms with Crippen LogP contribution < -0.4 is 16.0 Å². The van der Waals surface area contributed by atoms with E-state index in [0.29, 0.717) is 57.7 Å². The number of rotatable bonds is 8. The van der Waals surface area contributed by atoms with Crippen LogP contribution in [0.15, 0.2) is 24.5 Å². The van der Waals surface area contributed by atoms with Gasteiger partial charge in [0.15, 0.2) is 5.69 Å². The molecule has 2 aromatic rings. The van der Waals surface area contributed by atoms with Gasteiger partial charge in [-0.2, -0.15) is 0 Å². The molecule has 3 amide bonds. The zero-order valence-electron chi connectivity index (χ0n) is 19.8. The number of hydrogen-bond donors (Lipinski definition) is 4. The van der Waals surface area contributed by atoms with Crippen LogP contribution in [0.5, 0.6) is 0 Å². The normalized spacial score (nSPS) is 20.5. The van der Waals surface area contributed by atoms with Gasteiger partial charge in [-0.25, -0.2) is 9.37 Å². The number of benzene rings is 1. The highest BCUT2D eigenvalue weighted by Gasteiger charge is 2.29. The van der Waals surface area contributed by atoms with Gasteiger partial charge in [0.25, 0.3) is 11.8 Å². The highest BCUT2D eigenvalue weighted by molar-refractivity contribution is 6.33. The number of morpholine rings is 1. The molecule has 1 saturated carbocycles. The van der Waals surface area contributed by atoms with Gasteiger partial charge in [0.05, 0.1) is 30.3 Å². The summed E-state index contributed by atoms with van der Waals surface area (Å²) in [4.78, 5) is 47.0. The number of nitrogens with zero attached hydrogens (tertiary/aromatic N) is 2. The van der Waals surface area contributed by atoms with Crippen molar-refractivity contribution in [2.75, 3.05) is 44.7 Å². The zero-order valence-corrected chi connectivity index (χ0v) is 20.6. The van der Waals surface area contributed by atoms with Crippen LogP contribution in [0.3, 0.4) is 0 Å². The molecule has 0 bridgehead atoms. The van der Waals surface area contributed by atoms with Crippen molar-refractivity contribution in [3.63, 3.8) is 0 Å². The Morgan fingerprint density at radius 2 is 1.89 bits per heavy atom. The van der Waals surface area contributed by atoms with E-state index < -0.39 is 11.7 Å². The Morgan fingerprint density at radius 1 is 1.14 bits per heavy atom. The van der Waals surface area contributed by atoms with Crippen molar-refractivity contribution in [1.82, 2.24) is 25.5 Å². The first-order chi connectivity index (χ1) is 17.4. The highest BCUT2D eigenvalue weighted by Crippen LogP contribution is 2.28. The predicted molar refractivity (Wildman–Crippen MR) is 131 cm³/mol. The monoisotopic (exact) mass is 520 g/mol. The molecule has 194 valence electrons. The lowest BCUT2D eigenvalue weighted by Gasteiger charge is -2.28. The third kappa shape index (κ3) is 6.80. The zero-order chi connectivity index (χ0) is 25.5. The third-order valence-corrected chi connectivity index (χ3v) is 6.83. The van der Waals surface area contributed by atoms with Gasteiger partial charge in [0.1, 0.15) is 11.5 Å². The lowest BCUT2D eigenvalue weighted by Crippen LogP contribution is -2.42. The molecule has 36 heavy (non-hydrogen) atoms. The summed E-state index contributed by atoms with van der Waals surface area (Å²) < 4.78 is 18.5. The molecule has 1 aromatic carbocycles. The second-order valence-corrected chi connectivity index (χ2v) is 9.38. The van der Waals surface area contributed by atoms with Crippen molar-refractivity contribution in [2.45, 2.75) is 31.7 Å². The summed E-state index contributed by atoms with van der Waals surface area (Å²) in [5, 5.41) is 8.65. The molecular formula is C24H30ClFN6O4. The van der Waals surface area contributed by atoms with E-state index in [1.165, 1.54) is 18.5 Å². The maximum absolute atomic E-state index is 13.2. The standard InChI is InChI=1S/C24H30ClFN6O4/c25-18-13-16(26)3-6-19(18)31-22(33)15-1-4-17(5-2-15)30-24(35)21-20(28-14-29-21)23(34)27-7-8-32-9-11-36-12-10-32/h3,6,13-15,17H,1-2,4-5,7-12H2,(H,27,34)(H,28,29)(H,30,35)(H,31,33). The van der Waals surface area contributed by atoms with Crippen molar-refractivity contribution >= 4 is 35.0 Å². The minimum absolute atomic E-state index is 0.0460. The third-order valence-electron chi connectivity index (χ3n) is 6.52. The predicted octanol–water partition coefficient (Wildman–Crippen LogP) is 2.19. The van der Waals surface area contributed by atoms with E-state index in [9.17, 15) is 18.8 Å². The average molecular weight is 521 g/mol. The number of amides is 3. The van der Waals surface area contributed by atoms with E-state index in [1.54, 1.807) is 0 Å². The molecule has 4 N–H and O–H groups in total. The molecule has 2 aliphatic rings. The molecule has 10 nitrogen and oxygen atoms in total. The molecule has 12 heteroatoms. The molecule has 0 atom stereocenters. The quantitative estimate of drug-likeness (QED) is 0.422. The molecule has 1 aliphatic heterocycles. The molecular weight excluding hydrogens is 491 g/mol. The molecule has 2 heterocycles. The molecule has 0 radical (unpaired) electrons.